The van der Waals surface area contributed by atoms with Gasteiger partial charge in [-0.15, -0.1) is 10.2 Å². The summed E-state index contributed by atoms with van der Waals surface area (Å²) in [5.41, 5.74) is 1.92. The molecule has 0 aliphatic heterocycles. The Morgan fingerprint density at radius 1 is 0.889 bits per heavy atom. The Bertz CT molecular complexity index is 851. The van der Waals surface area contributed by atoms with Crippen LogP contribution in [0, 0.1) is 0 Å². The van der Waals surface area contributed by atoms with Crippen molar-refractivity contribution in [2.45, 2.75) is 26.4 Å². The van der Waals surface area contributed by atoms with E-state index in [4.69, 9.17) is 0 Å². The van der Waals surface area contributed by atoms with Crippen LogP contribution in [0.3, 0.4) is 0 Å². The number of carbonyl (C=O) groups is 1. The van der Waals surface area contributed by atoms with Crippen LogP contribution >= 0.6 is 0 Å². The molecule has 138 valence electrons. The summed E-state index contributed by atoms with van der Waals surface area (Å²) in [7, 11) is 0. The molecule has 3 aromatic rings. The van der Waals surface area contributed by atoms with E-state index in [-0.39, 0.29) is 12.1 Å². The van der Waals surface area contributed by atoms with E-state index in [0.717, 1.165) is 12.4 Å². The van der Waals surface area contributed by atoms with E-state index in [1.807, 2.05) is 54.6 Å². The van der Waals surface area contributed by atoms with Crippen molar-refractivity contribution >= 4 is 23.4 Å². The van der Waals surface area contributed by atoms with Gasteiger partial charge in [0.15, 0.2) is 11.6 Å². The molecule has 0 atom stereocenters. The number of para-hydroxylation sites is 1. The first kappa shape index (κ1) is 18.4. The molecule has 0 aliphatic rings. The minimum atomic E-state index is -0.353. The number of urea groups is 1. The average Bonchev–Trinajstić information content (AvgIpc) is 2.68. The molecule has 2 N–H and O–H groups in total. The number of hydrogen-bond donors (Lipinski definition) is 2. The highest BCUT2D eigenvalue weighted by Gasteiger charge is 2.13. The van der Waals surface area contributed by atoms with Gasteiger partial charge in [-0.3, -0.25) is 5.32 Å². The zero-order valence-corrected chi connectivity index (χ0v) is 15.5. The van der Waals surface area contributed by atoms with Crippen LogP contribution in [-0.2, 0) is 6.54 Å². The summed E-state index contributed by atoms with van der Waals surface area (Å²) >= 11 is 0. The highest BCUT2D eigenvalue weighted by molar-refractivity contribution is 5.99. The molecule has 6 nitrogen and oxygen atoms in total. The second-order valence-electron chi connectivity index (χ2n) is 6.43. The number of nitrogens with one attached hydrogen (secondary N) is 2. The van der Waals surface area contributed by atoms with Crippen molar-refractivity contribution < 1.29 is 4.79 Å². The van der Waals surface area contributed by atoms with Gasteiger partial charge in [0.1, 0.15) is 0 Å². The monoisotopic (exact) mass is 361 g/mol. The van der Waals surface area contributed by atoms with Gasteiger partial charge in [-0.1, -0.05) is 48.5 Å². The largest absolute Gasteiger partial charge is 0.348 e. The molecule has 0 aliphatic carbocycles. The molecule has 0 bridgehead atoms. The lowest BCUT2D eigenvalue weighted by Gasteiger charge is -2.27. The number of hydrogen-bond acceptors (Lipinski definition) is 4. The van der Waals surface area contributed by atoms with Crippen LogP contribution < -0.4 is 15.5 Å². The van der Waals surface area contributed by atoms with Gasteiger partial charge >= 0.3 is 6.03 Å². The van der Waals surface area contributed by atoms with Gasteiger partial charge in [0.2, 0.25) is 0 Å². The highest BCUT2D eigenvalue weighted by atomic mass is 16.2. The topological polar surface area (TPSA) is 70.2 Å². The van der Waals surface area contributed by atoms with Crippen LogP contribution in [-0.4, -0.2) is 22.3 Å². The Morgan fingerprint density at radius 2 is 1.56 bits per heavy atom. The van der Waals surface area contributed by atoms with E-state index in [2.05, 4.69) is 51.7 Å². The molecular formula is C21H23N5O. The summed E-state index contributed by atoms with van der Waals surface area (Å²) in [6.45, 7) is 4.97. The number of aromatic nitrogens is 2. The van der Waals surface area contributed by atoms with Crippen molar-refractivity contribution in [3.05, 3.63) is 78.4 Å². The quantitative estimate of drug-likeness (QED) is 0.676. The molecule has 0 saturated carbocycles. The fourth-order valence-electron chi connectivity index (χ4n) is 2.65. The average molecular weight is 361 g/mol. The SMILES string of the molecule is CC(C)N(Cc1ccccc1)c1ccc(NC(=O)Nc2ccccc2)nn1. The Balaban J connectivity index is 1.65. The Hall–Kier alpha value is -3.41. The molecule has 2 aromatic carbocycles. The normalized spacial score (nSPS) is 10.5. The van der Waals surface area contributed by atoms with Gasteiger partial charge < -0.3 is 10.2 Å². The highest BCUT2D eigenvalue weighted by Crippen LogP contribution is 2.18. The minimum Gasteiger partial charge on any atom is -0.348 e. The third-order valence-corrected chi connectivity index (χ3v) is 4.04. The Labute approximate surface area is 159 Å². The maximum absolute atomic E-state index is 12.0. The fraction of sp³-hybridized carbons (Fsp3) is 0.190. The third-order valence-electron chi connectivity index (χ3n) is 4.04. The van der Waals surface area contributed by atoms with Gasteiger partial charge in [-0.05, 0) is 43.7 Å². The van der Waals surface area contributed by atoms with Crippen LogP contribution in [0.5, 0.6) is 0 Å². The molecule has 1 aromatic heterocycles. The van der Waals surface area contributed by atoms with Gasteiger partial charge in [0.25, 0.3) is 0 Å². The molecule has 2 amide bonds. The number of amides is 2. The summed E-state index contributed by atoms with van der Waals surface area (Å²) in [5.74, 6) is 1.17. The Morgan fingerprint density at radius 3 is 2.15 bits per heavy atom. The van der Waals surface area contributed by atoms with Crippen LogP contribution in [0.1, 0.15) is 19.4 Å². The molecule has 0 saturated heterocycles. The molecule has 27 heavy (non-hydrogen) atoms. The fourth-order valence-corrected chi connectivity index (χ4v) is 2.65. The van der Waals surface area contributed by atoms with Gasteiger partial charge in [0.05, 0.1) is 0 Å². The number of carbonyl (C=O) groups excluding carboxylic acids is 1. The first-order valence-electron chi connectivity index (χ1n) is 8.89. The van der Waals surface area contributed by atoms with Crippen LogP contribution in [0.25, 0.3) is 0 Å². The second-order valence-corrected chi connectivity index (χ2v) is 6.43. The number of rotatable bonds is 6. The Kier molecular flexibility index (Phi) is 5.99. The lowest BCUT2D eigenvalue weighted by atomic mass is 10.2. The number of anilines is 3. The molecular weight excluding hydrogens is 338 g/mol. The molecule has 0 fully saturated rings. The molecule has 0 unspecified atom stereocenters. The maximum Gasteiger partial charge on any atom is 0.324 e. The predicted octanol–water partition coefficient (Wildman–Crippen LogP) is 4.54. The van der Waals surface area contributed by atoms with Crippen molar-refractivity contribution in [1.29, 1.82) is 0 Å². The summed E-state index contributed by atoms with van der Waals surface area (Å²) < 4.78 is 0. The predicted molar refractivity (Wildman–Crippen MR) is 109 cm³/mol. The van der Waals surface area contributed by atoms with Crippen LogP contribution in [0.15, 0.2) is 72.8 Å². The van der Waals surface area contributed by atoms with Crippen molar-refractivity contribution in [2.24, 2.45) is 0 Å². The molecule has 0 spiro atoms. The third kappa shape index (κ3) is 5.28. The maximum atomic E-state index is 12.0. The van der Waals surface area contributed by atoms with E-state index in [1.165, 1.54) is 5.56 Å². The molecule has 3 rings (SSSR count). The number of nitrogens with zero attached hydrogens (tertiary/aromatic N) is 3. The number of benzene rings is 2. The van der Waals surface area contributed by atoms with Gasteiger partial charge in [-0.2, -0.15) is 0 Å². The standard InChI is InChI=1S/C21H23N5O/c1-16(2)26(15-17-9-5-3-6-10-17)20-14-13-19(24-25-20)23-21(27)22-18-11-7-4-8-12-18/h3-14,16H,15H2,1-2H3,(H2,22,23,24,27). The summed E-state index contributed by atoms with van der Waals surface area (Å²) in [6.07, 6.45) is 0. The van der Waals surface area contributed by atoms with E-state index in [0.29, 0.717) is 11.5 Å². The van der Waals surface area contributed by atoms with Crippen LogP contribution in [0.4, 0.5) is 22.1 Å². The van der Waals surface area contributed by atoms with Crippen molar-refractivity contribution in [2.75, 3.05) is 15.5 Å². The van der Waals surface area contributed by atoms with Crippen molar-refractivity contribution in [3.63, 3.8) is 0 Å². The molecule has 6 heteroatoms. The summed E-state index contributed by atoms with van der Waals surface area (Å²) in [6, 6.07) is 23.0. The second kappa shape index (κ2) is 8.80. The molecule has 0 radical (unpaired) electrons. The molecule has 1 heterocycles. The summed E-state index contributed by atoms with van der Waals surface area (Å²) in [5, 5.41) is 13.9. The van der Waals surface area contributed by atoms with Gasteiger partial charge in [0, 0.05) is 18.3 Å². The van der Waals surface area contributed by atoms with Crippen LogP contribution in [0.2, 0.25) is 0 Å². The summed E-state index contributed by atoms with van der Waals surface area (Å²) in [4.78, 5) is 14.2. The lowest BCUT2D eigenvalue weighted by Crippen LogP contribution is -2.31. The zero-order valence-electron chi connectivity index (χ0n) is 15.5. The minimum absolute atomic E-state index is 0.264. The zero-order chi connectivity index (χ0) is 19.1. The smallest absolute Gasteiger partial charge is 0.324 e. The first-order chi connectivity index (χ1) is 13.1. The van der Waals surface area contributed by atoms with E-state index >= 15 is 0 Å². The first-order valence-corrected chi connectivity index (χ1v) is 8.89. The van der Waals surface area contributed by atoms with E-state index < -0.39 is 0 Å². The van der Waals surface area contributed by atoms with Crippen molar-refractivity contribution in [1.82, 2.24) is 10.2 Å². The lowest BCUT2D eigenvalue weighted by molar-refractivity contribution is 0.262. The van der Waals surface area contributed by atoms with E-state index in [9.17, 15) is 4.79 Å². The van der Waals surface area contributed by atoms with Gasteiger partial charge in [-0.25, -0.2) is 4.79 Å². The van der Waals surface area contributed by atoms with E-state index in [1.54, 1.807) is 6.07 Å². The van der Waals surface area contributed by atoms with Crippen molar-refractivity contribution in [3.8, 4) is 0 Å².